The molecule has 0 atom stereocenters. The van der Waals surface area contributed by atoms with Gasteiger partial charge >= 0.3 is 0 Å². The molecule has 0 saturated heterocycles. The molecule has 7 nitrogen and oxygen atoms in total. The van der Waals surface area contributed by atoms with Gasteiger partial charge in [0.1, 0.15) is 17.3 Å². The van der Waals surface area contributed by atoms with Crippen LogP contribution in [0.15, 0.2) is 28.4 Å². The van der Waals surface area contributed by atoms with Crippen LogP contribution in [0.1, 0.15) is 59.7 Å². The highest BCUT2D eigenvalue weighted by Crippen LogP contribution is 2.35. The zero-order valence-electron chi connectivity index (χ0n) is 18.9. The molecule has 0 aliphatic carbocycles. The fraction of sp³-hybridized carbons (Fsp3) is 0.500. The highest BCUT2D eigenvalue weighted by molar-refractivity contribution is 7.10. The first kappa shape index (κ1) is 23.5. The van der Waals surface area contributed by atoms with Crippen LogP contribution in [0.3, 0.4) is 0 Å². The summed E-state index contributed by atoms with van der Waals surface area (Å²) in [5.41, 5.74) is 2.61. The van der Waals surface area contributed by atoms with Gasteiger partial charge in [-0.2, -0.15) is 9.64 Å². The van der Waals surface area contributed by atoms with Gasteiger partial charge in [0.05, 0.1) is 11.4 Å². The van der Waals surface area contributed by atoms with Crippen LogP contribution in [0, 0.1) is 23.7 Å². The smallest absolute Gasteiger partial charge is 0.229 e. The minimum absolute atomic E-state index is 0.108. The summed E-state index contributed by atoms with van der Waals surface area (Å²) in [7, 11) is 0. The van der Waals surface area contributed by atoms with Gasteiger partial charge in [-0.15, -0.1) is 10.2 Å². The highest BCUT2D eigenvalue weighted by Gasteiger charge is 2.23. The van der Waals surface area contributed by atoms with Crippen molar-refractivity contribution in [2.24, 2.45) is 15.6 Å². The minimum atomic E-state index is -0.553. The first-order chi connectivity index (χ1) is 14.0. The molecule has 1 heterocycles. The van der Waals surface area contributed by atoms with Gasteiger partial charge in [0, 0.05) is 23.2 Å². The summed E-state index contributed by atoms with van der Waals surface area (Å²) in [5.74, 6) is -0.108. The molecule has 0 saturated carbocycles. The quantitative estimate of drug-likeness (QED) is 0.545. The lowest BCUT2D eigenvalue weighted by Gasteiger charge is -2.33. The van der Waals surface area contributed by atoms with Crippen LogP contribution in [-0.4, -0.2) is 22.4 Å². The highest BCUT2D eigenvalue weighted by atomic mass is 32.1. The summed E-state index contributed by atoms with van der Waals surface area (Å²) in [5, 5.41) is 21.3. The number of nitriles is 1. The van der Waals surface area contributed by atoms with Crippen molar-refractivity contribution in [1.82, 2.24) is 4.37 Å². The second-order valence-corrected chi connectivity index (χ2v) is 9.51. The molecule has 1 aromatic carbocycles. The molecule has 2 aromatic rings. The lowest BCUT2D eigenvalue weighted by Crippen LogP contribution is -2.37. The molecule has 0 fully saturated rings. The number of amides is 1. The van der Waals surface area contributed by atoms with E-state index < -0.39 is 5.41 Å². The Morgan fingerprint density at radius 1 is 1.20 bits per heavy atom. The molecule has 1 amide bonds. The van der Waals surface area contributed by atoms with E-state index in [1.807, 2.05) is 39.0 Å². The number of azo groups is 1. The topological polar surface area (TPSA) is 93.7 Å². The van der Waals surface area contributed by atoms with Crippen molar-refractivity contribution in [2.75, 3.05) is 10.2 Å². The Balaban J connectivity index is 2.51. The maximum absolute atomic E-state index is 12.7. The predicted octanol–water partition coefficient (Wildman–Crippen LogP) is 6.35. The monoisotopic (exact) mass is 426 g/mol. The number of nitrogens with zero attached hydrogens (tertiary/aromatic N) is 5. The number of benzene rings is 1. The Hall–Kier alpha value is -2.79. The molecule has 1 N–H and O–H groups in total. The molecule has 0 bridgehead atoms. The van der Waals surface area contributed by atoms with Gasteiger partial charge in [-0.3, -0.25) is 4.79 Å². The van der Waals surface area contributed by atoms with Gasteiger partial charge in [-0.1, -0.05) is 20.8 Å². The summed E-state index contributed by atoms with van der Waals surface area (Å²) in [6.07, 6.45) is 0. The Kier molecular flexibility index (Phi) is 7.32. The van der Waals surface area contributed by atoms with E-state index >= 15 is 0 Å². The minimum Gasteiger partial charge on any atom is -0.367 e. The number of rotatable bonds is 6. The van der Waals surface area contributed by atoms with Gasteiger partial charge in [0.25, 0.3) is 0 Å². The first-order valence-electron chi connectivity index (χ1n) is 9.97. The van der Waals surface area contributed by atoms with E-state index in [9.17, 15) is 10.1 Å². The third-order valence-electron chi connectivity index (χ3n) is 4.53. The number of carbonyl (C=O) groups is 1. The summed E-state index contributed by atoms with van der Waals surface area (Å²) >= 11 is 1.13. The van der Waals surface area contributed by atoms with Crippen LogP contribution in [0.25, 0.3) is 0 Å². The number of carbonyl (C=O) groups excluding carboxylic acids is 1. The molecular formula is C22H30N6OS. The van der Waals surface area contributed by atoms with Crippen LogP contribution in [-0.2, 0) is 4.79 Å². The van der Waals surface area contributed by atoms with Crippen molar-refractivity contribution in [3.8, 4) is 6.07 Å². The molecule has 0 spiro atoms. The van der Waals surface area contributed by atoms with E-state index in [1.54, 1.807) is 6.92 Å². The van der Waals surface area contributed by atoms with Gasteiger partial charge in [-0.25, -0.2) is 0 Å². The fourth-order valence-electron chi connectivity index (χ4n) is 3.03. The lowest BCUT2D eigenvalue weighted by molar-refractivity contribution is -0.123. The van der Waals surface area contributed by atoms with E-state index in [-0.39, 0.29) is 5.91 Å². The number of nitrogens with one attached hydrogen (secondary N) is 1. The van der Waals surface area contributed by atoms with Crippen molar-refractivity contribution in [2.45, 2.75) is 67.5 Å². The average molecular weight is 427 g/mol. The van der Waals surface area contributed by atoms with E-state index in [0.29, 0.717) is 39.7 Å². The number of hydrogen-bond donors (Lipinski definition) is 1. The molecule has 0 radical (unpaired) electrons. The zero-order chi connectivity index (χ0) is 22.6. The van der Waals surface area contributed by atoms with Crippen molar-refractivity contribution < 1.29 is 4.79 Å². The predicted molar refractivity (Wildman–Crippen MR) is 123 cm³/mol. The molecule has 0 aliphatic rings. The van der Waals surface area contributed by atoms with Crippen molar-refractivity contribution in [3.05, 3.63) is 29.5 Å². The van der Waals surface area contributed by atoms with E-state index in [4.69, 9.17) is 0 Å². The number of hydrogen-bond acceptors (Lipinski definition) is 7. The van der Waals surface area contributed by atoms with E-state index in [1.165, 1.54) is 0 Å². The van der Waals surface area contributed by atoms with Crippen molar-refractivity contribution in [3.63, 3.8) is 0 Å². The number of anilines is 2. The third-order valence-corrected chi connectivity index (χ3v) is 5.35. The van der Waals surface area contributed by atoms with Crippen LogP contribution < -0.4 is 10.2 Å². The van der Waals surface area contributed by atoms with E-state index in [0.717, 1.165) is 17.2 Å². The summed E-state index contributed by atoms with van der Waals surface area (Å²) in [4.78, 5) is 14.9. The lowest BCUT2D eigenvalue weighted by atomic mass is 9.95. The molecule has 8 heteroatoms. The molecule has 0 aliphatic heterocycles. The Morgan fingerprint density at radius 2 is 1.83 bits per heavy atom. The van der Waals surface area contributed by atoms with Crippen LogP contribution in [0.4, 0.5) is 22.1 Å². The summed E-state index contributed by atoms with van der Waals surface area (Å²) in [6, 6.07) is 8.45. The van der Waals surface area contributed by atoms with Crippen molar-refractivity contribution in [1.29, 1.82) is 5.26 Å². The molecule has 160 valence electrons. The fourth-order valence-corrected chi connectivity index (χ4v) is 3.70. The second-order valence-electron chi connectivity index (χ2n) is 8.76. The van der Waals surface area contributed by atoms with Gasteiger partial charge in [-0.05, 0) is 64.4 Å². The Labute approximate surface area is 183 Å². The van der Waals surface area contributed by atoms with Gasteiger partial charge in [0.2, 0.25) is 5.91 Å². The molecule has 0 unspecified atom stereocenters. The summed E-state index contributed by atoms with van der Waals surface area (Å²) < 4.78 is 4.17. The number of aromatic nitrogens is 1. The Morgan fingerprint density at radius 3 is 2.37 bits per heavy atom. The second kappa shape index (κ2) is 9.35. The van der Waals surface area contributed by atoms with Crippen molar-refractivity contribution >= 4 is 39.5 Å². The van der Waals surface area contributed by atoms with Crippen LogP contribution in [0.2, 0.25) is 0 Å². The normalized spacial score (nSPS) is 11.9. The molecule has 1 aromatic heterocycles. The van der Waals surface area contributed by atoms with Crippen LogP contribution in [0.5, 0.6) is 0 Å². The molecule has 30 heavy (non-hydrogen) atoms. The molecular weight excluding hydrogens is 396 g/mol. The van der Waals surface area contributed by atoms with Gasteiger partial charge < -0.3 is 10.2 Å². The average Bonchev–Trinajstić information content (AvgIpc) is 2.99. The Bertz CT molecular complexity index is 970. The zero-order valence-corrected chi connectivity index (χ0v) is 19.8. The maximum atomic E-state index is 12.7. The maximum Gasteiger partial charge on any atom is 0.229 e. The molecule has 2 rings (SSSR count). The van der Waals surface area contributed by atoms with Gasteiger partial charge in [0.15, 0.2) is 5.00 Å². The standard InChI is InChI=1S/C22H30N6OS/c1-13(2)28(14(3)4)16-9-10-18(19(11-16)24-21(29)22(6,7)8)25-26-20-17(12-23)15(5)27-30-20/h9-11,13-14H,1-8H3,(H,24,29). The number of aryl methyl sites for hydroxylation is 1. The third kappa shape index (κ3) is 5.42. The summed E-state index contributed by atoms with van der Waals surface area (Å²) in [6.45, 7) is 15.9. The van der Waals surface area contributed by atoms with Crippen LogP contribution >= 0.6 is 11.5 Å². The first-order valence-corrected chi connectivity index (χ1v) is 10.7. The largest absolute Gasteiger partial charge is 0.367 e. The van der Waals surface area contributed by atoms with E-state index in [2.05, 4.69) is 58.6 Å². The SMILES string of the molecule is Cc1nsc(N=Nc2ccc(N(C(C)C)C(C)C)cc2NC(=O)C(C)(C)C)c1C#N.